The number of nitrogens with one attached hydrogen (secondary N) is 2. The SMILES string of the molecule is CCOC(=O)C1(N)Cc2ccccc2C1.CCOC(=O)C1(NC(=O)c2cncc3ccccc23)Cc2ccccc2C1.O=C(NC1(C(=O)O)Cc2ccccc2C1)c1cncc2ccccc12.O=C(O)c1cncc2ccccc12. The molecule has 0 radical (unpaired) electrons. The topological polar surface area (TPSA) is 250 Å². The van der Waals surface area contributed by atoms with Crippen molar-refractivity contribution in [2.45, 2.75) is 69.0 Å². The van der Waals surface area contributed by atoms with Crippen LogP contribution >= 0.6 is 0 Å². The van der Waals surface area contributed by atoms with Crippen LogP contribution in [0, 0.1) is 0 Å². The Bertz CT molecular complexity index is 3730. The Labute approximate surface area is 461 Å². The number of pyridine rings is 3. The van der Waals surface area contributed by atoms with Crippen LogP contribution in [0.25, 0.3) is 32.3 Å². The first kappa shape index (κ1) is 55.1. The molecule has 0 aliphatic heterocycles. The fourth-order valence-electron chi connectivity index (χ4n) is 10.6. The van der Waals surface area contributed by atoms with Gasteiger partial charge < -0.3 is 36.1 Å². The second kappa shape index (κ2) is 23.9. The van der Waals surface area contributed by atoms with Crippen LogP contribution in [-0.2, 0) is 62.4 Å². The molecule has 12 rings (SSSR count). The van der Waals surface area contributed by atoms with Crippen molar-refractivity contribution in [3.05, 3.63) is 233 Å². The number of carboxylic acids is 2. The minimum Gasteiger partial charge on any atom is -0.479 e. The number of rotatable bonds is 10. The van der Waals surface area contributed by atoms with Gasteiger partial charge in [0.25, 0.3) is 11.8 Å². The number of nitrogens with zero attached hydrogens (tertiary/aromatic N) is 3. The third-order valence-electron chi connectivity index (χ3n) is 14.5. The summed E-state index contributed by atoms with van der Waals surface area (Å²) < 4.78 is 10.3. The first-order valence-electron chi connectivity index (χ1n) is 26.1. The average molecular weight is 1070 g/mol. The van der Waals surface area contributed by atoms with Gasteiger partial charge in [-0.15, -0.1) is 0 Å². The van der Waals surface area contributed by atoms with Crippen LogP contribution < -0.4 is 16.4 Å². The molecule has 0 bridgehead atoms. The molecule has 0 saturated carbocycles. The molecule has 6 N–H and O–H groups in total. The van der Waals surface area contributed by atoms with E-state index in [-0.39, 0.29) is 36.9 Å². The number of fused-ring (bicyclic) bond motifs is 6. The second-order valence-corrected chi connectivity index (χ2v) is 19.9. The van der Waals surface area contributed by atoms with E-state index in [1.54, 1.807) is 44.7 Å². The Hall–Kier alpha value is -9.67. The van der Waals surface area contributed by atoms with Crippen LogP contribution in [-0.4, -0.2) is 90.7 Å². The average Bonchev–Trinajstić information content (AvgIpc) is 4.18. The molecule has 3 aliphatic carbocycles. The van der Waals surface area contributed by atoms with Gasteiger partial charge in [0.2, 0.25) is 0 Å². The molecule has 404 valence electrons. The molecule has 0 atom stereocenters. The van der Waals surface area contributed by atoms with E-state index in [1.165, 1.54) is 12.4 Å². The Morgan fingerprint density at radius 1 is 0.438 bits per heavy atom. The minimum absolute atomic E-state index is 0.248. The fourth-order valence-corrected chi connectivity index (χ4v) is 10.6. The number of nitrogens with two attached hydrogens (primary N) is 1. The highest BCUT2D eigenvalue weighted by Gasteiger charge is 2.48. The number of ether oxygens (including phenoxy) is 2. The summed E-state index contributed by atoms with van der Waals surface area (Å²) in [4.78, 5) is 85.4. The zero-order valence-corrected chi connectivity index (χ0v) is 44.1. The predicted molar refractivity (Wildman–Crippen MR) is 302 cm³/mol. The molecule has 80 heavy (non-hydrogen) atoms. The summed E-state index contributed by atoms with van der Waals surface area (Å²) in [5.74, 6) is -3.39. The van der Waals surface area contributed by atoms with Gasteiger partial charge in [0.15, 0.2) is 0 Å². The Kier molecular flexibility index (Phi) is 16.5. The van der Waals surface area contributed by atoms with Crippen molar-refractivity contribution in [2.75, 3.05) is 13.2 Å². The van der Waals surface area contributed by atoms with E-state index in [0.29, 0.717) is 43.4 Å². The van der Waals surface area contributed by atoms with Crippen molar-refractivity contribution in [1.29, 1.82) is 0 Å². The highest BCUT2D eigenvalue weighted by Crippen LogP contribution is 2.34. The number of aromatic nitrogens is 3. The number of hydrogen-bond donors (Lipinski definition) is 5. The highest BCUT2D eigenvalue weighted by atomic mass is 16.5. The van der Waals surface area contributed by atoms with E-state index >= 15 is 0 Å². The lowest BCUT2D eigenvalue weighted by molar-refractivity contribution is -0.150. The number of hydrogen-bond acceptors (Lipinski definition) is 12. The zero-order valence-electron chi connectivity index (χ0n) is 44.1. The Morgan fingerprint density at radius 2 is 0.750 bits per heavy atom. The maximum Gasteiger partial charge on any atom is 0.337 e. The summed E-state index contributed by atoms with van der Waals surface area (Å²) in [6.07, 6.45) is 12.0. The van der Waals surface area contributed by atoms with Gasteiger partial charge in [-0.25, -0.2) is 14.4 Å². The third kappa shape index (κ3) is 11.8. The van der Waals surface area contributed by atoms with Crippen molar-refractivity contribution < 1.29 is 48.5 Å². The van der Waals surface area contributed by atoms with E-state index in [9.17, 15) is 33.9 Å². The van der Waals surface area contributed by atoms with Gasteiger partial charge in [0, 0.05) is 91.9 Å². The van der Waals surface area contributed by atoms with Crippen molar-refractivity contribution in [3.63, 3.8) is 0 Å². The summed E-state index contributed by atoms with van der Waals surface area (Å²) >= 11 is 0. The van der Waals surface area contributed by atoms with Crippen LogP contribution in [0.3, 0.4) is 0 Å². The van der Waals surface area contributed by atoms with Gasteiger partial charge in [0.1, 0.15) is 16.6 Å². The molecule has 9 aromatic rings. The van der Waals surface area contributed by atoms with Gasteiger partial charge in [0.05, 0.1) is 29.9 Å². The van der Waals surface area contributed by atoms with Crippen LogP contribution in [0.1, 0.15) is 78.3 Å². The maximum atomic E-state index is 13.1. The van der Waals surface area contributed by atoms with Gasteiger partial charge in [-0.1, -0.05) is 146 Å². The second-order valence-electron chi connectivity index (χ2n) is 19.9. The quantitative estimate of drug-likeness (QED) is 0.0805. The summed E-state index contributed by atoms with van der Waals surface area (Å²) in [7, 11) is 0. The lowest BCUT2D eigenvalue weighted by Gasteiger charge is -2.28. The normalized spacial score (nSPS) is 14.4. The van der Waals surface area contributed by atoms with Gasteiger partial charge in [-0.05, 0) is 63.4 Å². The number of benzene rings is 6. The number of aliphatic carboxylic acids is 1. The lowest BCUT2D eigenvalue weighted by atomic mass is 9.94. The molecule has 6 aromatic carbocycles. The van der Waals surface area contributed by atoms with E-state index in [0.717, 1.165) is 65.7 Å². The van der Waals surface area contributed by atoms with Gasteiger partial charge in [-0.3, -0.25) is 29.3 Å². The monoisotopic (exact) mass is 1070 g/mol. The summed E-state index contributed by atoms with van der Waals surface area (Å²) in [5, 5.41) is 29.3. The molecule has 16 nitrogen and oxygen atoms in total. The van der Waals surface area contributed by atoms with Crippen molar-refractivity contribution >= 4 is 68.0 Å². The van der Waals surface area contributed by atoms with Gasteiger partial charge in [-0.2, -0.15) is 0 Å². The van der Waals surface area contributed by atoms with Crippen molar-refractivity contribution in [2.24, 2.45) is 5.73 Å². The summed E-state index contributed by atoms with van der Waals surface area (Å²) in [6, 6.07) is 45.7. The van der Waals surface area contributed by atoms with Crippen LogP contribution in [0.5, 0.6) is 0 Å². The molecule has 0 fully saturated rings. The zero-order chi connectivity index (χ0) is 56.4. The van der Waals surface area contributed by atoms with Gasteiger partial charge >= 0.3 is 23.9 Å². The number of carbonyl (C=O) groups excluding carboxylic acids is 4. The first-order valence-corrected chi connectivity index (χ1v) is 26.1. The van der Waals surface area contributed by atoms with Crippen LogP contribution in [0.2, 0.25) is 0 Å². The van der Waals surface area contributed by atoms with Crippen molar-refractivity contribution in [3.8, 4) is 0 Å². The number of carbonyl (C=O) groups is 6. The van der Waals surface area contributed by atoms with Crippen LogP contribution in [0.4, 0.5) is 0 Å². The lowest BCUT2D eigenvalue weighted by Crippen LogP contribution is -2.56. The van der Waals surface area contributed by atoms with E-state index in [1.807, 2.05) is 140 Å². The molecule has 3 heterocycles. The predicted octanol–water partition coefficient (Wildman–Crippen LogP) is 8.63. The maximum absolute atomic E-state index is 13.1. The molecular weight excluding hydrogens is 1010 g/mol. The molecule has 3 aromatic heterocycles. The highest BCUT2D eigenvalue weighted by molar-refractivity contribution is 6.09. The molecule has 0 saturated heterocycles. The summed E-state index contributed by atoms with van der Waals surface area (Å²) in [5.41, 5.74) is 10.2. The number of amides is 2. The summed E-state index contributed by atoms with van der Waals surface area (Å²) in [6.45, 7) is 4.21. The van der Waals surface area contributed by atoms with E-state index < -0.39 is 40.4 Å². The Morgan fingerprint density at radius 3 is 1.12 bits per heavy atom. The molecule has 0 spiro atoms. The minimum atomic E-state index is -1.32. The standard InChI is InChI=1S/C22H20N2O3.C20H16N2O3.C12H15NO2.C10H7NO2/c1-2-27-21(26)22(11-15-7-3-4-8-16(15)12-22)24-20(25)19-14-23-13-17-9-5-6-10-18(17)19;23-18(17-12-21-11-15-7-3-4-8-16(15)17)22-20(19(24)25)9-13-5-1-2-6-14(13)10-20;1-2-15-11(14)12(13)7-9-5-3-4-6-10(9)8-12;12-10(13)9-6-11-5-7-3-1-2-4-8(7)9/h3-10,13-14H,2,11-12H2,1H3,(H,24,25);1-8,11-12H,9-10H2,(H,22,23)(H,24,25);3-6H,2,7-8,13H2,1H3;1-6H,(H,12,13). The number of esters is 2. The third-order valence-corrected chi connectivity index (χ3v) is 14.5. The van der Waals surface area contributed by atoms with E-state index in [2.05, 4.69) is 25.6 Å². The Balaban J connectivity index is 0.000000135. The molecule has 0 unspecified atom stereocenters. The van der Waals surface area contributed by atoms with E-state index in [4.69, 9.17) is 20.3 Å². The number of carboxylic acid groups (broad SMARTS) is 2. The first-order chi connectivity index (χ1) is 38.7. The molecular formula is C64H58N6O10. The van der Waals surface area contributed by atoms with Crippen molar-refractivity contribution in [1.82, 2.24) is 25.6 Å². The largest absolute Gasteiger partial charge is 0.479 e. The van der Waals surface area contributed by atoms with Crippen LogP contribution in [0.15, 0.2) is 183 Å². The smallest absolute Gasteiger partial charge is 0.337 e. The molecule has 2 amide bonds. The molecule has 3 aliphatic rings. The molecule has 16 heteroatoms. The number of aromatic carboxylic acids is 1. The fraction of sp³-hybridized carbons (Fsp3) is 0.203.